The van der Waals surface area contributed by atoms with E-state index >= 15 is 0 Å². The summed E-state index contributed by atoms with van der Waals surface area (Å²) < 4.78 is 27.5. The molecule has 2 rings (SSSR count). The molecule has 0 spiro atoms. The van der Waals surface area contributed by atoms with Crippen LogP contribution in [0, 0.1) is 0 Å². The molecule has 5 nitrogen and oxygen atoms in total. The Morgan fingerprint density at radius 3 is 2.40 bits per heavy atom. The fourth-order valence-corrected chi connectivity index (χ4v) is 4.44. The summed E-state index contributed by atoms with van der Waals surface area (Å²) in [5, 5.41) is 0. The smallest absolute Gasteiger partial charge is 0.245 e. The van der Waals surface area contributed by atoms with Gasteiger partial charge in [-0.15, -0.1) is 0 Å². The van der Waals surface area contributed by atoms with Crippen LogP contribution < -0.4 is 5.73 Å². The van der Waals surface area contributed by atoms with Crippen LogP contribution >= 0.6 is 15.9 Å². The first-order valence-corrected chi connectivity index (χ1v) is 8.77. The molecule has 20 heavy (non-hydrogen) atoms. The van der Waals surface area contributed by atoms with Crippen molar-refractivity contribution in [3.63, 3.8) is 0 Å². The predicted octanol–water partition coefficient (Wildman–Crippen LogP) is 1.75. The number of nitrogens with two attached hydrogens (primary N) is 1. The zero-order chi connectivity index (χ0) is 14.9. The number of piperidine rings is 1. The molecule has 1 aromatic carbocycles. The normalized spacial score (nSPS) is 18.6. The number of halogens is 1. The van der Waals surface area contributed by atoms with Crippen molar-refractivity contribution in [1.29, 1.82) is 0 Å². The summed E-state index contributed by atoms with van der Waals surface area (Å²) in [5.74, 6) is 0. The van der Waals surface area contributed by atoms with E-state index < -0.39 is 10.0 Å². The summed E-state index contributed by atoms with van der Waals surface area (Å²) in [5.41, 5.74) is 6.13. The van der Waals surface area contributed by atoms with Gasteiger partial charge in [-0.25, -0.2) is 8.42 Å². The molecule has 1 aromatic rings. The van der Waals surface area contributed by atoms with Gasteiger partial charge in [0.1, 0.15) is 4.90 Å². The van der Waals surface area contributed by atoms with Gasteiger partial charge in [0, 0.05) is 23.6 Å². The highest BCUT2D eigenvalue weighted by atomic mass is 79.9. The third kappa shape index (κ3) is 3.16. The summed E-state index contributed by atoms with van der Waals surface area (Å²) in [6, 6.07) is 5.34. The molecule has 7 heteroatoms. The van der Waals surface area contributed by atoms with Crippen LogP contribution in [0.5, 0.6) is 0 Å². The average molecular weight is 362 g/mol. The highest BCUT2D eigenvalue weighted by Crippen LogP contribution is 2.28. The van der Waals surface area contributed by atoms with Crippen molar-refractivity contribution in [2.24, 2.45) is 0 Å². The second-order valence-corrected chi connectivity index (χ2v) is 8.10. The van der Waals surface area contributed by atoms with Gasteiger partial charge in [-0.05, 0) is 45.1 Å². The number of hydrogen-bond acceptors (Lipinski definition) is 4. The molecule has 0 amide bonds. The van der Waals surface area contributed by atoms with E-state index in [1.165, 1.54) is 4.31 Å². The molecule has 0 aromatic heterocycles. The Labute approximate surface area is 128 Å². The lowest BCUT2D eigenvalue weighted by Gasteiger charge is -2.34. The quantitative estimate of drug-likeness (QED) is 0.832. The van der Waals surface area contributed by atoms with Crippen LogP contribution in [0.3, 0.4) is 0 Å². The summed E-state index contributed by atoms with van der Waals surface area (Å²) >= 11 is 3.29. The minimum Gasteiger partial charge on any atom is -0.398 e. The number of nitrogens with zero attached hydrogens (tertiary/aromatic N) is 2. The highest BCUT2D eigenvalue weighted by Gasteiger charge is 2.31. The van der Waals surface area contributed by atoms with Gasteiger partial charge in [-0.1, -0.05) is 15.9 Å². The topological polar surface area (TPSA) is 66.6 Å². The Morgan fingerprint density at radius 2 is 1.90 bits per heavy atom. The average Bonchev–Trinajstić information content (AvgIpc) is 2.38. The fraction of sp³-hybridized carbons (Fsp3) is 0.538. The van der Waals surface area contributed by atoms with Crippen LogP contribution in [0.25, 0.3) is 0 Å². The lowest BCUT2D eigenvalue weighted by Crippen LogP contribution is -2.44. The molecule has 1 saturated heterocycles. The first-order valence-electron chi connectivity index (χ1n) is 6.54. The molecule has 0 aliphatic carbocycles. The van der Waals surface area contributed by atoms with Crippen molar-refractivity contribution >= 4 is 31.6 Å². The second kappa shape index (κ2) is 6.01. The lowest BCUT2D eigenvalue weighted by molar-refractivity contribution is 0.196. The molecular weight excluding hydrogens is 342 g/mol. The molecule has 0 atom stereocenters. The molecule has 1 aliphatic heterocycles. The molecule has 1 fully saturated rings. The zero-order valence-corrected chi connectivity index (χ0v) is 14.1. The van der Waals surface area contributed by atoms with Gasteiger partial charge >= 0.3 is 0 Å². The molecule has 0 radical (unpaired) electrons. The Kier molecular flexibility index (Phi) is 4.73. The Hall–Kier alpha value is -0.630. The van der Waals surface area contributed by atoms with Crippen molar-refractivity contribution in [2.45, 2.75) is 23.8 Å². The number of sulfonamides is 1. The maximum atomic E-state index is 12.6. The largest absolute Gasteiger partial charge is 0.398 e. The second-order valence-electron chi connectivity index (χ2n) is 5.28. The van der Waals surface area contributed by atoms with E-state index in [2.05, 4.69) is 20.8 Å². The van der Waals surface area contributed by atoms with E-state index in [1.54, 1.807) is 18.2 Å². The standard InChI is InChI=1S/C13H20BrN3O2S/c1-16(2)11-5-7-17(8-6-11)20(18,19)13-4-3-10(14)9-12(13)15/h3-4,9,11H,5-8,15H2,1-2H3. The molecule has 0 bridgehead atoms. The number of rotatable bonds is 3. The first kappa shape index (κ1) is 15.8. The minimum atomic E-state index is -3.49. The molecule has 112 valence electrons. The Balaban J connectivity index is 2.20. The van der Waals surface area contributed by atoms with Gasteiger partial charge in [0.2, 0.25) is 10.0 Å². The van der Waals surface area contributed by atoms with Crippen LogP contribution in [0.2, 0.25) is 0 Å². The van der Waals surface area contributed by atoms with E-state index in [1.807, 2.05) is 14.1 Å². The third-order valence-electron chi connectivity index (χ3n) is 3.74. The maximum absolute atomic E-state index is 12.6. The van der Waals surface area contributed by atoms with Crippen molar-refractivity contribution in [1.82, 2.24) is 9.21 Å². The molecule has 1 aliphatic rings. The van der Waals surface area contributed by atoms with E-state index in [0.717, 1.165) is 17.3 Å². The van der Waals surface area contributed by atoms with Gasteiger partial charge in [0.05, 0.1) is 5.69 Å². The van der Waals surface area contributed by atoms with Crippen LogP contribution in [0.4, 0.5) is 5.69 Å². The van der Waals surface area contributed by atoms with Gasteiger partial charge in [-0.3, -0.25) is 0 Å². The van der Waals surface area contributed by atoms with Gasteiger partial charge in [0.15, 0.2) is 0 Å². The fourth-order valence-electron chi connectivity index (χ4n) is 2.49. The van der Waals surface area contributed by atoms with Crippen molar-refractivity contribution < 1.29 is 8.42 Å². The summed E-state index contributed by atoms with van der Waals surface area (Å²) in [4.78, 5) is 2.35. The predicted molar refractivity (Wildman–Crippen MR) is 84.0 cm³/mol. The molecule has 0 unspecified atom stereocenters. The van der Waals surface area contributed by atoms with Crippen LogP contribution in [-0.2, 0) is 10.0 Å². The molecule has 2 N–H and O–H groups in total. The minimum absolute atomic E-state index is 0.198. The Morgan fingerprint density at radius 1 is 1.30 bits per heavy atom. The van der Waals surface area contributed by atoms with Gasteiger partial charge < -0.3 is 10.6 Å². The number of anilines is 1. The monoisotopic (exact) mass is 361 g/mol. The van der Waals surface area contributed by atoms with Crippen LogP contribution in [0.1, 0.15) is 12.8 Å². The van der Waals surface area contributed by atoms with Crippen molar-refractivity contribution in [3.05, 3.63) is 22.7 Å². The number of nitrogen functional groups attached to an aromatic ring is 1. The van der Waals surface area contributed by atoms with Crippen molar-refractivity contribution in [2.75, 3.05) is 32.9 Å². The van der Waals surface area contributed by atoms with Crippen LogP contribution in [0.15, 0.2) is 27.6 Å². The van der Waals surface area contributed by atoms with E-state index in [9.17, 15) is 8.42 Å². The summed E-state index contributed by atoms with van der Waals surface area (Å²) in [6.45, 7) is 1.08. The summed E-state index contributed by atoms with van der Waals surface area (Å²) in [7, 11) is 0.569. The molecule has 0 saturated carbocycles. The van der Waals surface area contributed by atoms with E-state index in [0.29, 0.717) is 19.1 Å². The molecule has 1 heterocycles. The maximum Gasteiger partial charge on any atom is 0.245 e. The van der Waals surface area contributed by atoms with E-state index in [-0.39, 0.29) is 10.6 Å². The van der Waals surface area contributed by atoms with E-state index in [4.69, 9.17) is 5.73 Å². The van der Waals surface area contributed by atoms with Crippen LogP contribution in [-0.4, -0.2) is 50.8 Å². The Bertz CT molecular complexity index is 581. The number of hydrogen-bond donors (Lipinski definition) is 1. The molecular formula is C13H20BrN3O2S. The lowest BCUT2D eigenvalue weighted by atomic mass is 10.1. The van der Waals surface area contributed by atoms with Crippen molar-refractivity contribution in [3.8, 4) is 0 Å². The highest BCUT2D eigenvalue weighted by molar-refractivity contribution is 9.10. The van der Waals surface area contributed by atoms with Gasteiger partial charge in [-0.2, -0.15) is 4.31 Å². The first-order chi connectivity index (χ1) is 9.32. The van der Waals surface area contributed by atoms with Gasteiger partial charge in [0.25, 0.3) is 0 Å². The SMILES string of the molecule is CN(C)C1CCN(S(=O)(=O)c2ccc(Br)cc2N)CC1. The number of benzene rings is 1. The summed E-state index contributed by atoms with van der Waals surface area (Å²) in [6.07, 6.45) is 1.70. The third-order valence-corrected chi connectivity index (χ3v) is 6.21. The zero-order valence-electron chi connectivity index (χ0n) is 11.7.